The molecule has 0 radical (unpaired) electrons. The Morgan fingerprint density at radius 2 is 2.33 bits per heavy atom. The summed E-state index contributed by atoms with van der Waals surface area (Å²) in [5, 5.41) is 8.72. The van der Waals surface area contributed by atoms with Crippen LogP contribution in [0.25, 0.3) is 0 Å². The summed E-state index contributed by atoms with van der Waals surface area (Å²) in [4.78, 5) is 0. The average molecular weight is 249 g/mol. The fourth-order valence-corrected chi connectivity index (χ4v) is 1.99. The van der Waals surface area contributed by atoms with Gasteiger partial charge >= 0.3 is 0 Å². The number of halogens is 1. The molecular weight excluding hydrogens is 233 g/mol. The topological polar surface area (TPSA) is 42.2 Å². The van der Waals surface area contributed by atoms with Gasteiger partial charge in [0.1, 0.15) is 11.9 Å². The Kier molecular flexibility index (Phi) is 4.68. The van der Waals surface area contributed by atoms with Crippen LogP contribution < -0.4 is 0 Å². The summed E-state index contributed by atoms with van der Waals surface area (Å²) in [6, 6.07) is 6.28. The predicted molar refractivity (Wildman–Crippen MR) is 64.4 cm³/mol. The van der Waals surface area contributed by atoms with E-state index in [0.717, 1.165) is 25.0 Å². The molecule has 0 saturated carbocycles. The molecular formula is C14H16FNO2. The molecule has 18 heavy (non-hydrogen) atoms. The summed E-state index contributed by atoms with van der Waals surface area (Å²) in [5.74, 6) is -0.489. The van der Waals surface area contributed by atoms with Crippen LogP contribution in [0.4, 0.5) is 4.39 Å². The molecule has 4 heteroatoms. The van der Waals surface area contributed by atoms with Crippen LogP contribution in [0.15, 0.2) is 18.2 Å². The number of ether oxygens (including phenoxy) is 2. The van der Waals surface area contributed by atoms with Gasteiger partial charge in [-0.3, -0.25) is 0 Å². The maximum Gasteiger partial charge on any atom is 0.140 e. The van der Waals surface area contributed by atoms with Crippen LogP contribution in [-0.4, -0.2) is 19.3 Å². The molecule has 0 aromatic heterocycles. The number of hydrogen-bond acceptors (Lipinski definition) is 3. The molecule has 1 unspecified atom stereocenters. The highest BCUT2D eigenvalue weighted by atomic mass is 19.1. The molecule has 1 aliphatic rings. The first-order valence-corrected chi connectivity index (χ1v) is 6.17. The highest BCUT2D eigenvalue weighted by Crippen LogP contribution is 2.14. The Balaban J connectivity index is 1.81. The summed E-state index contributed by atoms with van der Waals surface area (Å²) < 4.78 is 24.2. The van der Waals surface area contributed by atoms with E-state index in [9.17, 15) is 4.39 Å². The van der Waals surface area contributed by atoms with Crippen molar-refractivity contribution in [2.45, 2.75) is 32.0 Å². The van der Waals surface area contributed by atoms with E-state index in [2.05, 4.69) is 0 Å². The van der Waals surface area contributed by atoms with Gasteiger partial charge in [0.15, 0.2) is 0 Å². The third-order valence-electron chi connectivity index (χ3n) is 3.00. The number of benzene rings is 1. The zero-order chi connectivity index (χ0) is 12.8. The number of rotatable bonds is 4. The maximum atomic E-state index is 13.1. The van der Waals surface area contributed by atoms with Crippen LogP contribution in [0.1, 0.15) is 30.4 Å². The second-order valence-electron chi connectivity index (χ2n) is 4.43. The first kappa shape index (κ1) is 13.0. The van der Waals surface area contributed by atoms with Crippen molar-refractivity contribution >= 4 is 0 Å². The Hall–Kier alpha value is -1.44. The zero-order valence-corrected chi connectivity index (χ0v) is 10.2. The smallest absolute Gasteiger partial charge is 0.140 e. The maximum absolute atomic E-state index is 13.1. The molecule has 1 aliphatic heterocycles. The van der Waals surface area contributed by atoms with Gasteiger partial charge in [-0.05, 0) is 37.0 Å². The van der Waals surface area contributed by atoms with Crippen molar-refractivity contribution in [2.24, 2.45) is 0 Å². The minimum absolute atomic E-state index is 0.0602. The highest BCUT2D eigenvalue weighted by molar-refractivity contribution is 5.34. The lowest BCUT2D eigenvalue weighted by atomic mass is 10.1. The standard InChI is InChI=1S/C14H16FNO2/c15-14-5-4-11(7-12(14)8-16)9-17-10-13-3-1-2-6-18-13/h4-5,7,13H,1-3,6,9-10H2. The summed E-state index contributed by atoms with van der Waals surface area (Å²) in [6.45, 7) is 1.75. The fraction of sp³-hybridized carbons (Fsp3) is 0.500. The third-order valence-corrected chi connectivity index (χ3v) is 3.00. The number of nitrogens with zero attached hydrogens (tertiary/aromatic N) is 1. The summed E-state index contributed by atoms with van der Waals surface area (Å²) >= 11 is 0. The molecule has 0 N–H and O–H groups in total. The van der Waals surface area contributed by atoms with E-state index in [4.69, 9.17) is 14.7 Å². The normalized spacial score (nSPS) is 19.4. The first-order valence-electron chi connectivity index (χ1n) is 6.17. The van der Waals surface area contributed by atoms with Crippen molar-refractivity contribution in [3.63, 3.8) is 0 Å². The van der Waals surface area contributed by atoms with E-state index in [-0.39, 0.29) is 11.7 Å². The number of nitriles is 1. The second kappa shape index (κ2) is 6.48. The molecule has 1 aromatic rings. The first-order chi connectivity index (χ1) is 8.79. The van der Waals surface area contributed by atoms with Crippen molar-refractivity contribution in [3.8, 4) is 6.07 Å². The monoisotopic (exact) mass is 249 g/mol. The molecule has 1 atom stereocenters. The zero-order valence-electron chi connectivity index (χ0n) is 10.2. The van der Waals surface area contributed by atoms with Gasteiger partial charge < -0.3 is 9.47 Å². The molecule has 96 valence electrons. The molecule has 0 bridgehead atoms. The fourth-order valence-electron chi connectivity index (χ4n) is 1.99. The molecule has 0 aliphatic carbocycles. The van der Waals surface area contributed by atoms with Gasteiger partial charge in [-0.2, -0.15) is 5.26 Å². The van der Waals surface area contributed by atoms with Gasteiger partial charge in [0, 0.05) is 6.61 Å². The highest BCUT2D eigenvalue weighted by Gasteiger charge is 2.13. The summed E-state index contributed by atoms with van der Waals surface area (Å²) in [5.41, 5.74) is 0.869. The van der Waals surface area contributed by atoms with Crippen LogP contribution in [0.2, 0.25) is 0 Å². The van der Waals surface area contributed by atoms with Gasteiger partial charge in [0.05, 0.1) is 24.9 Å². The van der Waals surface area contributed by atoms with Crippen molar-refractivity contribution in [3.05, 3.63) is 35.1 Å². The van der Waals surface area contributed by atoms with Crippen molar-refractivity contribution in [2.75, 3.05) is 13.2 Å². The van der Waals surface area contributed by atoms with Crippen LogP contribution in [0.3, 0.4) is 0 Å². The molecule has 1 fully saturated rings. The van der Waals surface area contributed by atoms with Gasteiger partial charge in [-0.25, -0.2) is 4.39 Å². The SMILES string of the molecule is N#Cc1cc(COCC2CCCCO2)ccc1F. The molecule has 3 nitrogen and oxygen atoms in total. The molecule has 0 amide bonds. The van der Waals surface area contributed by atoms with E-state index >= 15 is 0 Å². The second-order valence-corrected chi connectivity index (χ2v) is 4.43. The molecule has 0 spiro atoms. The van der Waals surface area contributed by atoms with Crippen molar-refractivity contribution < 1.29 is 13.9 Å². The van der Waals surface area contributed by atoms with Crippen LogP contribution in [0.5, 0.6) is 0 Å². The van der Waals surface area contributed by atoms with Gasteiger partial charge in [-0.15, -0.1) is 0 Å². The lowest BCUT2D eigenvalue weighted by Crippen LogP contribution is -2.24. The van der Waals surface area contributed by atoms with Crippen LogP contribution in [-0.2, 0) is 16.1 Å². The Morgan fingerprint density at radius 3 is 3.06 bits per heavy atom. The third kappa shape index (κ3) is 3.52. The lowest BCUT2D eigenvalue weighted by Gasteiger charge is -2.22. The molecule has 1 aromatic carbocycles. The minimum Gasteiger partial charge on any atom is -0.376 e. The minimum atomic E-state index is -0.489. The Bertz CT molecular complexity index is 436. The van der Waals surface area contributed by atoms with Crippen molar-refractivity contribution in [1.29, 1.82) is 5.26 Å². The largest absolute Gasteiger partial charge is 0.376 e. The Labute approximate surface area is 106 Å². The van der Waals surface area contributed by atoms with Crippen molar-refractivity contribution in [1.82, 2.24) is 0 Å². The van der Waals surface area contributed by atoms with E-state index in [1.165, 1.54) is 18.6 Å². The van der Waals surface area contributed by atoms with E-state index in [1.54, 1.807) is 6.07 Å². The van der Waals surface area contributed by atoms with Crippen LogP contribution >= 0.6 is 0 Å². The van der Waals surface area contributed by atoms with Gasteiger partial charge in [-0.1, -0.05) is 6.07 Å². The molecule has 2 rings (SSSR count). The number of hydrogen-bond donors (Lipinski definition) is 0. The predicted octanol–water partition coefficient (Wildman–Crippen LogP) is 2.78. The van der Waals surface area contributed by atoms with E-state index < -0.39 is 5.82 Å². The molecule has 1 saturated heterocycles. The summed E-state index contributed by atoms with van der Waals surface area (Å²) in [6.07, 6.45) is 3.52. The lowest BCUT2D eigenvalue weighted by molar-refractivity contribution is -0.0447. The van der Waals surface area contributed by atoms with Crippen LogP contribution in [0, 0.1) is 17.1 Å². The average Bonchev–Trinajstić information content (AvgIpc) is 2.42. The quantitative estimate of drug-likeness (QED) is 0.824. The summed E-state index contributed by atoms with van der Waals surface area (Å²) in [7, 11) is 0. The van der Waals surface area contributed by atoms with Gasteiger partial charge in [0.25, 0.3) is 0 Å². The van der Waals surface area contributed by atoms with E-state index in [0.29, 0.717) is 13.2 Å². The Morgan fingerprint density at radius 1 is 1.44 bits per heavy atom. The molecule has 1 heterocycles. The van der Waals surface area contributed by atoms with Gasteiger partial charge in [0.2, 0.25) is 0 Å². The van der Waals surface area contributed by atoms with E-state index in [1.807, 2.05) is 6.07 Å².